The SMILES string of the molecule is CCN(OC(=O)O)C(C)(C)BC(C)N. The summed E-state index contributed by atoms with van der Waals surface area (Å²) in [6.45, 7) is 8.04. The summed E-state index contributed by atoms with van der Waals surface area (Å²) in [6.07, 6.45) is -1.29. The normalized spacial score (nSPS) is 13.9. The van der Waals surface area contributed by atoms with E-state index in [2.05, 4.69) is 4.84 Å². The van der Waals surface area contributed by atoms with Crippen molar-refractivity contribution in [3.8, 4) is 0 Å². The molecule has 3 N–H and O–H groups in total. The van der Waals surface area contributed by atoms with Gasteiger partial charge in [-0.1, -0.05) is 20.8 Å². The van der Waals surface area contributed by atoms with Gasteiger partial charge in [-0.2, -0.15) is 0 Å². The molecule has 0 heterocycles. The van der Waals surface area contributed by atoms with Crippen LogP contribution in [0.5, 0.6) is 0 Å². The summed E-state index contributed by atoms with van der Waals surface area (Å²) >= 11 is 0. The Labute approximate surface area is 85.4 Å². The van der Waals surface area contributed by atoms with E-state index in [1.54, 1.807) is 0 Å². The molecule has 0 aliphatic rings. The minimum absolute atomic E-state index is 0.0106. The summed E-state index contributed by atoms with van der Waals surface area (Å²) in [5.74, 6) is 0.0106. The van der Waals surface area contributed by atoms with E-state index in [1.165, 1.54) is 5.06 Å². The van der Waals surface area contributed by atoms with Crippen LogP contribution in [0.3, 0.4) is 0 Å². The molecule has 0 rings (SSSR count). The van der Waals surface area contributed by atoms with Crippen molar-refractivity contribution < 1.29 is 14.7 Å². The topological polar surface area (TPSA) is 75.8 Å². The molecule has 5 nitrogen and oxygen atoms in total. The molecule has 82 valence electrons. The fourth-order valence-corrected chi connectivity index (χ4v) is 1.60. The first kappa shape index (κ1) is 13.3. The van der Waals surface area contributed by atoms with Gasteiger partial charge in [0.15, 0.2) is 7.28 Å². The van der Waals surface area contributed by atoms with Crippen LogP contribution in [0, 0.1) is 0 Å². The van der Waals surface area contributed by atoms with E-state index in [0.717, 1.165) is 0 Å². The van der Waals surface area contributed by atoms with Crippen LogP contribution in [0.15, 0.2) is 0 Å². The summed E-state index contributed by atoms with van der Waals surface area (Å²) in [4.78, 5) is 15.1. The van der Waals surface area contributed by atoms with Gasteiger partial charge in [0.05, 0.1) is 0 Å². The molecule has 0 bridgehead atoms. The van der Waals surface area contributed by atoms with Gasteiger partial charge in [-0.25, -0.2) is 4.79 Å². The summed E-state index contributed by atoms with van der Waals surface area (Å²) < 4.78 is 0. The minimum atomic E-state index is -1.29. The van der Waals surface area contributed by atoms with Gasteiger partial charge in [0, 0.05) is 12.0 Å². The van der Waals surface area contributed by atoms with E-state index in [-0.39, 0.29) is 11.4 Å². The van der Waals surface area contributed by atoms with Crippen molar-refractivity contribution >= 4 is 13.4 Å². The molecular formula is C8H19BN2O3. The van der Waals surface area contributed by atoms with Crippen LogP contribution in [0.1, 0.15) is 27.7 Å². The molecule has 0 saturated carbocycles. The lowest BCUT2D eigenvalue weighted by atomic mass is 9.55. The van der Waals surface area contributed by atoms with Crippen molar-refractivity contribution in [1.29, 1.82) is 0 Å². The Bertz CT molecular complexity index is 197. The van der Waals surface area contributed by atoms with Gasteiger partial charge in [-0.05, 0) is 12.9 Å². The summed E-state index contributed by atoms with van der Waals surface area (Å²) in [7, 11) is 0.675. The number of carboxylic acid groups (broad SMARTS) is 1. The van der Waals surface area contributed by atoms with Gasteiger partial charge >= 0.3 is 6.16 Å². The molecule has 0 radical (unpaired) electrons. The second-order valence-corrected chi connectivity index (χ2v) is 4.05. The molecule has 0 aromatic rings. The zero-order valence-electron chi connectivity index (χ0n) is 9.28. The van der Waals surface area contributed by atoms with Crippen molar-refractivity contribution in [2.75, 3.05) is 6.54 Å². The minimum Gasteiger partial charge on any atom is -0.448 e. The summed E-state index contributed by atoms with van der Waals surface area (Å²) in [6, 6.07) is 0. The Balaban J connectivity index is 4.39. The molecule has 0 amide bonds. The number of hydrogen-bond acceptors (Lipinski definition) is 4. The van der Waals surface area contributed by atoms with Crippen LogP contribution in [0.4, 0.5) is 4.79 Å². The second kappa shape index (κ2) is 5.21. The van der Waals surface area contributed by atoms with Gasteiger partial charge in [-0.15, -0.1) is 5.06 Å². The van der Waals surface area contributed by atoms with Gasteiger partial charge in [0.2, 0.25) is 0 Å². The lowest BCUT2D eigenvalue weighted by molar-refractivity contribution is -0.151. The average molecular weight is 202 g/mol. The monoisotopic (exact) mass is 202 g/mol. The smallest absolute Gasteiger partial charge is 0.448 e. The van der Waals surface area contributed by atoms with Crippen LogP contribution in [-0.2, 0) is 4.84 Å². The third-order valence-corrected chi connectivity index (χ3v) is 1.97. The Morgan fingerprint density at radius 1 is 1.71 bits per heavy atom. The van der Waals surface area contributed by atoms with Crippen molar-refractivity contribution in [3.05, 3.63) is 0 Å². The first-order chi connectivity index (χ1) is 6.29. The first-order valence-corrected chi connectivity index (χ1v) is 4.73. The van der Waals surface area contributed by atoms with E-state index >= 15 is 0 Å². The highest BCUT2D eigenvalue weighted by Gasteiger charge is 2.31. The van der Waals surface area contributed by atoms with Crippen LogP contribution in [-0.4, -0.2) is 41.5 Å². The van der Waals surface area contributed by atoms with Crippen molar-refractivity contribution in [2.24, 2.45) is 5.73 Å². The fraction of sp³-hybridized carbons (Fsp3) is 0.875. The van der Waals surface area contributed by atoms with E-state index in [4.69, 9.17) is 10.8 Å². The van der Waals surface area contributed by atoms with E-state index in [0.29, 0.717) is 13.8 Å². The molecule has 1 unspecified atom stereocenters. The predicted molar refractivity (Wildman–Crippen MR) is 56.4 cm³/mol. The van der Waals surface area contributed by atoms with E-state index in [9.17, 15) is 4.79 Å². The third kappa shape index (κ3) is 4.48. The highest BCUT2D eigenvalue weighted by Crippen LogP contribution is 2.13. The summed E-state index contributed by atoms with van der Waals surface area (Å²) in [5.41, 5.74) is 5.30. The molecule has 0 fully saturated rings. The molecule has 0 saturated heterocycles. The lowest BCUT2D eigenvalue weighted by Crippen LogP contribution is -2.53. The number of carbonyl (C=O) groups is 1. The van der Waals surface area contributed by atoms with E-state index < -0.39 is 6.16 Å². The largest absolute Gasteiger partial charge is 0.525 e. The molecule has 14 heavy (non-hydrogen) atoms. The Kier molecular flexibility index (Phi) is 4.94. The quantitative estimate of drug-likeness (QED) is 0.498. The number of nitrogens with zero attached hydrogens (tertiary/aromatic N) is 1. The molecule has 0 spiro atoms. The lowest BCUT2D eigenvalue weighted by Gasteiger charge is -2.35. The predicted octanol–water partition coefficient (Wildman–Crippen LogP) is 0.395. The van der Waals surface area contributed by atoms with Crippen molar-refractivity contribution in [3.63, 3.8) is 0 Å². The number of rotatable bonds is 5. The zero-order chi connectivity index (χ0) is 11.4. The number of nitrogens with two attached hydrogens (primary N) is 1. The molecule has 0 aromatic heterocycles. The van der Waals surface area contributed by atoms with Gasteiger partial charge < -0.3 is 15.7 Å². The van der Waals surface area contributed by atoms with Crippen LogP contribution < -0.4 is 5.73 Å². The van der Waals surface area contributed by atoms with Gasteiger partial charge in [0.25, 0.3) is 0 Å². The molecule has 0 aromatic carbocycles. The fourth-order valence-electron chi connectivity index (χ4n) is 1.60. The second-order valence-electron chi connectivity index (χ2n) is 4.05. The first-order valence-electron chi connectivity index (χ1n) is 4.73. The molecule has 1 atom stereocenters. The van der Waals surface area contributed by atoms with Crippen molar-refractivity contribution in [1.82, 2.24) is 5.06 Å². The zero-order valence-corrected chi connectivity index (χ0v) is 9.28. The van der Waals surface area contributed by atoms with Gasteiger partial charge in [-0.3, -0.25) is 0 Å². The average Bonchev–Trinajstić information content (AvgIpc) is 1.96. The van der Waals surface area contributed by atoms with E-state index in [1.807, 2.05) is 27.7 Å². The highest BCUT2D eigenvalue weighted by molar-refractivity contribution is 6.41. The molecular weight excluding hydrogens is 183 g/mol. The standard InChI is InChI=1S/C8H19BN2O3/c1-5-11(14-7(12)13)8(3,4)9-6(2)10/h6,9H,5,10H2,1-4H3,(H,12,13). The molecule has 0 aliphatic heterocycles. The Hall–Kier alpha value is -0.745. The van der Waals surface area contributed by atoms with Crippen LogP contribution in [0.2, 0.25) is 0 Å². The number of hydroxylamine groups is 2. The molecule has 6 heteroatoms. The van der Waals surface area contributed by atoms with Crippen LogP contribution in [0.25, 0.3) is 0 Å². The maximum Gasteiger partial charge on any atom is 0.525 e. The Morgan fingerprint density at radius 3 is 2.50 bits per heavy atom. The Morgan fingerprint density at radius 2 is 2.21 bits per heavy atom. The number of hydrogen-bond donors (Lipinski definition) is 2. The maximum atomic E-state index is 10.4. The van der Waals surface area contributed by atoms with Crippen molar-refractivity contribution in [2.45, 2.75) is 39.1 Å². The van der Waals surface area contributed by atoms with Gasteiger partial charge in [0.1, 0.15) is 0 Å². The maximum absolute atomic E-state index is 10.4. The molecule has 0 aliphatic carbocycles. The van der Waals surface area contributed by atoms with Crippen LogP contribution >= 0.6 is 0 Å². The highest BCUT2D eigenvalue weighted by atomic mass is 16.8. The summed E-state index contributed by atoms with van der Waals surface area (Å²) in [5, 5.41) is 9.95. The third-order valence-electron chi connectivity index (χ3n) is 1.97.